The maximum atomic E-state index is 10.8. The van der Waals surface area contributed by atoms with E-state index in [1.165, 1.54) is 0 Å². The second-order valence-electron chi connectivity index (χ2n) is 3.46. The van der Waals surface area contributed by atoms with Crippen LogP contribution in [0.25, 0.3) is 0 Å². The quantitative estimate of drug-likeness (QED) is 0.570. The fraction of sp³-hybridized carbons (Fsp3) is 0.750. The Labute approximate surface area is 77.1 Å². The molecule has 2 amide bonds. The van der Waals surface area contributed by atoms with Crippen molar-refractivity contribution in [2.24, 2.45) is 17.4 Å². The summed E-state index contributed by atoms with van der Waals surface area (Å²) in [5.41, 5.74) is 10.3. The summed E-state index contributed by atoms with van der Waals surface area (Å²) in [6, 6.07) is -0.302. The highest BCUT2D eigenvalue weighted by molar-refractivity contribution is 5.80. The van der Waals surface area contributed by atoms with Crippen LogP contribution < -0.4 is 11.5 Å². The summed E-state index contributed by atoms with van der Waals surface area (Å²) in [5.74, 6) is -0.772. The third kappa shape index (κ3) is 2.18. The maximum Gasteiger partial charge on any atom is 0.234 e. The predicted octanol–water partition coefficient (Wildman–Crippen LogP) is -1.33. The van der Waals surface area contributed by atoms with Gasteiger partial charge in [-0.05, 0) is 19.9 Å². The molecule has 13 heavy (non-hydrogen) atoms. The molecule has 0 saturated carbocycles. The number of hydrogen-bond donors (Lipinski definition) is 2. The topological polar surface area (TPSA) is 89.4 Å². The molecular weight excluding hydrogens is 170 g/mol. The Hall–Kier alpha value is -1.10. The zero-order chi connectivity index (χ0) is 10.0. The summed E-state index contributed by atoms with van der Waals surface area (Å²) in [5, 5.41) is 0. The minimum absolute atomic E-state index is 0.123. The number of carbonyl (C=O) groups is 2. The lowest BCUT2D eigenvalue weighted by atomic mass is 10.1. The molecule has 4 N–H and O–H groups in total. The standard InChI is InChI=1S/C8H15N3O2/c1-5(7(9)12)11-3-2-6(4-11)8(10)13/h5-6H,2-4H2,1H3,(H2,9,12)(H2,10,13). The Morgan fingerprint density at radius 2 is 2.08 bits per heavy atom. The monoisotopic (exact) mass is 185 g/mol. The first kappa shape index (κ1) is 9.98. The highest BCUT2D eigenvalue weighted by Gasteiger charge is 2.31. The van der Waals surface area contributed by atoms with Crippen molar-refractivity contribution >= 4 is 11.8 Å². The highest BCUT2D eigenvalue weighted by Crippen LogP contribution is 2.17. The van der Waals surface area contributed by atoms with Crippen molar-refractivity contribution in [1.82, 2.24) is 4.90 Å². The van der Waals surface area contributed by atoms with Crippen molar-refractivity contribution in [2.75, 3.05) is 13.1 Å². The molecule has 1 heterocycles. The fourth-order valence-electron chi connectivity index (χ4n) is 1.55. The van der Waals surface area contributed by atoms with Crippen LogP contribution in [-0.2, 0) is 9.59 Å². The number of amides is 2. The molecule has 0 aliphatic carbocycles. The molecule has 5 nitrogen and oxygen atoms in total. The van der Waals surface area contributed by atoms with Gasteiger partial charge < -0.3 is 11.5 Å². The maximum absolute atomic E-state index is 10.8. The largest absolute Gasteiger partial charge is 0.369 e. The summed E-state index contributed by atoms with van der Waals surface area (Å²) in [7, 11) is 0. The van der Waals surface area contributed by atoms with Gasteiger partial charge in [0.15, 0.2) is 0 Å². The molecule has 2 atom stereocenters. The zero-order valence-corrected chi connectivity index (χ0v) is 7.69. The summed E-state index contributed by atoms with van der Waals surface area (Å²) in [6.45, 7) is 3.02. The molecule has 1 aliphatic rings. The average molecular weight is 185 g/mol. The van der Waals surface area contributed by atoms with E-state index in [9.17, 15) is 9.59 Å². The van der Waals surface area contributed by atoms with E-state index >= 15 is 0 Å². The fourth-order valence-corrected chi connectivity index (χ4v) is 1.55. The van der Waals surface area contributed by atoms with Gasteiger partial charge in [0.05, 0.1) is 12.0 Å². The summed E-state index contributed by atoms with van der Waals surface area (Å²) in [6.07, 6.45) is 0.729. The zero-order valence-electron chi connectivity index (χ0n) is 7.69. The van der Waals surface area contributed by atoms with E-state index in [-0.39, 0.29) is 23.8 Å². The molecule has 1 fully saturated rings. The van der Waals surface area contributed by atoms with E-state index < -0.39 is 0 Å². The van der Waals surface area contributed by atoms with Crippen molar-refractivity contribution in [1.29, 1.82) is 0 Å². The van der Waals surface area contributed by atoms with Gasteiger partial charge in [-0.25, -0.2) is 0 Å². The van der Waals surface area contributed by atoms with Crippen LogP contribution in [0.1, 0.15) is 13.3 Å². The van der Waals surface area contributed by atoms with Crippen LogP contribution in [0, 0.1) is 5.92 Å². The minimum atomic E-state index is -0.356. The van der Waals surface area contributed by atoms with Crippen LogP contribution in [0.4, 0.5) is 0 Å². The first-order valence-electron chi connectivity index (χ1n) is 4.35. The highest BCUT2D eigenvalue weighted by atomic mass is 16.2. The van der Waals surface area contributed by atoms with Crippen LogP contribution in [0.2, 0.25) is 0 Å². The molecule has 74 valence electrons. The average Bonchev–Trinajstić information content (AvgIpc) is 2.50. The van der Waals surface area contributed by atoms with Crippen molar-refractivity contribution in [2.45, 2.75) is 19.4 Å². The molecule has 5 heteroatoms. The van der Waals surface area contributed by atoms with Gasteiger partial charge in [0.1, 0.15) is 0 Å². The number of nitrogens with two attached hydrogens (primary N) is 2. The van der Waals surface area contributed by atoms with Gasteiger partial charge in [0.25, 0.3) is 0 Å². The number of hydrogen-bond acceptors (Lipinski definition) is 3. The summed E-state index contributed by atoms with van der Waals surface area (Å²) < 4.78 is 0. The van der Waals surface area contributed by atoms with Crippen molar-refractivity contribution in [3.8, 4) is 0 Å². The van der Waals surface area contributed by atoms with E-state index in [0.717, 1.165) is 13.0 Å². The lowest BCUT2D eigenvalue weighted by molar-refractivity contribution is -0.124. The van der Waals surface area contributed by atoms with Gasteiger partial charge in [-0.2, -0.15) is 0 Å². The Balaban J connectivity index is 2.49. The molecule has 0 aromatic rings. The van der Waals surface area contributed by atoms with E-state index in [2.05, 4.69) is 0 Å². The van der Waals surface area contributed by atoms with E-state index in [0.29, 0.717) is 6.54 Å². The molecule has 0 aromatic carbocycles. The third-order valence-electron chi connectivity index (χ3n) is 2.58. The van der Waals surface area contributed by atoms with Gasteiger partial charge in [0.2, 0.25) is 11.8 Å². The second-order valence-corrected chi connectivity index (χ2v) is 3.46. The second kappa shape index (κ2) is 3.74. The van der Waals surface area contributed by atoms with E-state index in [1.54, 1.807) is 6.92 Å². The van der Waals surface area contributed by atoms with Crippen molar-refractivity contribution in [3.05, 3.63) is 0 Å². The normalized spacial score (nSPS) is 25.8. The van der Waals surface area contributed by atoms with Gasteiger partial charge in [-0.3, -0.25) is 14.5 Å². The molecule has 0 spiro atoms. The SMILES string of the molecule is CC(C(N)=O)N1CCC(C(N)=O)C1. The van der Waals surface area contributed by atoms with Crippen LogP contribution in [0.15, 0.2) is 0 Å². The molecule has 1 aliphatic heterocycles. The minimum Gasteiger partial charge on any atom is -0.369 e. The Kier molecular flexibility index (Phi) is 2.87. The molecule has 1 rings (SSSR count). The Bertz CT molecular complexity index is 229. The van der Waals surface area contributed by atoms with Crippen molar-refractivity contribution in [3.63, 3.8) is 0 Å². The lowest BCUT2D eigenvalue weighted by Crippen LogP contribution is -2.42. The number of likely N-dealkylation sites (tertiary alicyclic amines) is 1. The van der Waals surface area contributed by atoms with Crippen LogP contribution in [-0.4, -0.2) is 35.8 Å². The lowest BCUT2D eigenvalue weighted by Gasteiger charge is -2.20. The molecule has 0 bridgehead atoms. The predicted molar refractivity (Wildman–Crippen MR) is 47.5 cm³/mol. The van der Waals surface area contributed by atoms with Gasteiger partial charge >= 0.3 is 0 Å². The summed E-state index contributed by atoms with van der Waals surface area (Å²) in [4.78, 5) is 23.5. The Morgan fingerprint density at radius 1 is 1.46 bits per heavy atom. The van der Waals surface area contributed by atoms with Crippen LogP contribution >= 0.6 is 0 Å². The first-order valence-corrected chi connectivity index (χ1v) is 4.35. The number of nitrogens with zero attached hydrogens (tertiary/aromatic N) is 1. The van der Waals surface area contributed by atoms with Gasteiger partial charge in [0, 0.05) is 6.54 Å². The Morgan fingerprint density at radius 3 is 2.46 bits per heavy atom. The van der Waals surface area contributed by atoms with Crippen LogP contribution in [0.3, 0.4) is 0 Å². The van der Waals surface area contributed by atoms with Crippen LogP contribution in [0.5, 0.6) is 0 Å². The molecule has 0 aromatic heterocycles. The first-order chi connectivity index (χ1) is 6.02. The van der Waals surface area contributed by atoms with E-state index in [1.807, 2.05) is 4.90 Å². The van der Waals surface area contributed by atoms with Gasteiger partial charge in [-0.1, -0.05) is 0 Å². The molecule has 1 saturated heterocycles. The van der Waals surface area contributed by atoms with Gasteiger partial charge in [-0.15, -0.1) is 0 Å². The number of primary amides is 2. The third-order valence-corrected chi connectivity index (χ3v) is 2.58. The smallest absolute Gasteiger partial charge is 0.234 e. The van der Waals surface area contributed by atoms with E-state index in [4.69, 9.17) is 11.5 Å². The molecular formula is C8H15N3O2. The molecule has 2 unspecified atom stereocenters. The van der Waals surface area contributed by atoms with Crippen molar-refractivity contribution < 1.29 is 9.59 Å². The number of carbonyl (C=O) groups excluding carboxylic acids is 2. The molecule has 0 radical (unpaired) electrons. The number of rotatable bonds is 3. The summed E-state index contributed by atoms with van der Waals surface area (Å²) >= 11 is 0.